The number of carbonyl (C=O) groups excluding carboxylic acids is 3. The normalized spacial score (nSPS) is 9.80. The van der Waals surface area contributed by atoms with Gasteiger partial charge in [-0.25, -0.2) is 4.79 Å². The molecule has 25 heavy (non-hydrogen) atoms. The van der Waals surface area contributed by atoms with E-state index >= 15 is 0 Å². The van der Waals surface area contributed by atoms with Crippen LogP contribution in [-0.4, -0.2) is 42.1 Å². The lowest BCUT2D eigenvalue weighted by molar-refractivity contribution is -0.137. The number of carboxylic acids is 1. The van der Waals surface area contributed by atoms with Crippen molar-refractivity contribution in [2.24, 2.45) is 0 Å². The van der Waals surface area contributed by atoms with Crippen molar-refractivity contribution >= 4 is 23.8 Å². The van der Waals surface area contributed by atoms with Crippen LogP contribution in [0.15, 0.2) is 24.3 Å². The van der Waals surface area contributed by atoms with E-state index in [1.807, 2.05) is 0 Å². The van der Waals surface area contributed by atoms with Crippen molar-refractivity contribution in [3.63, 3.8) is 0 Å². The Morgan fingerprint density at radius 3 is 2.24 bits per heavy atom. The summed E-state index contributed by atoms with van der Waals surface area (Å²) in [6, 6.07) is 6.05. The van der Waals surface area contributed by atoms with Crippen LogP contribution in [0, 0.1) is 0 Å². The summed E-state index contributed by atoms with van der Waals surface area (Å²) in [6.07, 6.45) is 0.0510. The Kier molecular flexibility index (Phi) is 8.48. The summed E-state index contributed by atoms with van der Waals surface area (Å²) >= 11 is 0. The molecule has 0 saturated heterocycles. The lowest BCUT2D eigenvalue weighted by Crippen LogP contribution is -2.43. The zero-order valence-corrected chi connectivity index (χ0v) is 13.7. The predicted octanol–water partition coefficient (Wildman–Crippen LogP) is 0.644. The molecule has 1 aromatic carbocycles. The fourth-order valence-electron chi connectivity index (χ4n) is 1.69. The third kappa shape index (κ3) is 8.35. The highest BCUT2D eigenvalue weighted by molar-refractivity contribution is 5.89. The first-order valence-electron chi connectivity index (χ1n) is 7.61. The molecule has 0 aliphatic rings. The molecule has 0 atom stereocenters. The molecule has 1 rings (SSSR count). The molecule has 2 amide bonds. The highest BCUT2D eigenvalue weighted by atomic mass is 16.5. The number of hydrogen-bond acceptors (Lipinski definition) is 6. The molecule has 1 aromatic rings. The molecule has 0 heterocycles. The first-order chi connectivity index (χ1) is 11.9. The van der Waals surface area contributed by atoms with Crippen molar-refractivity contribution in [1.82, 2.24) is 10.9 Å². The molecule has 0 aromatic heterocycles. The Morgan fingerprint density at radius 1 is 1.00 bits per heavy atom. The second-order valence-corrected chi connectivity index (χ2v) is 4.88. The third-order valence-electron chi connectivity index (χ3n) is 2.87. The van der Waals surface area contributed by atoms with Gasteiger partial charge in [-0.2, -0.15) is 0 Å². The Labute approximate surface area is 144 Å². The molecule has 0 aliphatic heterocycles. The van der Waals surface area contributed by atoms with Gasteiger partial charge in [0, 0.05) is 12.8 Å². The molecule has 136 valence electrons. The molecular formula is C16H20N2O7. The molecule has 0 fully saturated rings. The number of hydrogen-bond donors (Lipinski definition) is 3. The fourth-order valence-corrected chi connectivity index (χ4v) is 1.69. The van der Waals surface area contributed by atoms with E-state index in [0.29, 0.717) is 11.3 Å². The highest BCUT2D eigenvalue weighted by Gasteiger charge is 2.08. The topological polar surface area (TPSA) is 131 Å². The van der Waals surface area contributed by atoms with Gasteiger partial charge in [-0.05, 0) is 37.6 Å². The van der Waals surface area contributed by atoms with Crippen molar-refractivity contribution in [2.45, 2.75) is 26.2 Å². The van der Waals surface area contributed by atoms with Gasteiger partial charge in [0.1, 0.15) is 5.75 Å². The Bertz CT molecular complexity index is 613. The van der Waals surface area contributed by atoms with E-state index in [4.69, 9.17) is 14.6 Å². The summed E-state index contributed by atoms with van der Waals surface area (Å²) in [4.78, 5) is 44.7. The van der Waals surface area contributed by atoms with Crippen molar-refractivity contribution in [1.29, 1.82) is 0 Å². The van der Waals surface area contributed by atoms with Crippen LogP contribution in [0.5, 0.6) is 5.75 Å². The maximum atomic E-state index is 11.5. The van der Waals surface area contributed by atoms with E-state index in [1.54, 1.807) is 6.92 Å². The Hall–Kier alpha value is -3.10. The van der Waals surface area contributed by atoms with Crippen LogP contribution in [0.25, 0.3) is 0 Å². The first kappa shape index (κ1) is 19.9. The van der Waals surface area contributed by atoms with Gasteiger partial charge >= 0.3 is 11.9 Å². The SMILES string of the molecule is CCOC(=O)c1ccc(OCC(=O)NNC(=O)CCCC(=O)O)cc1. The highest BCUT2D eigenvalue weighted by Crippen LogP contribution is 2.12. The molecule has 0 aliphatic carbocycles. The quantitative estimate of drug-likeness (QED) is 0.439. The van der Waals surface area contributed by atoms with Gasteiger partial charge in [-0.1, -0.05) is 0 Å². The van der Waals surface area contributed by atoms with Crippen LogP contribution in [0.3, 0.4) is 0 Å². The van der Waals surface area contributed by atoms with Crippen molar-refractivity contribution in [3.8, 4) is 5.75 Å². The number of aliphatic carboxylic acids is 1. The van der Waals surface area contributed by atoms with E-state index in [2.05, 4.69) is 10.9 Å². The van der Waals surface area contributed by atoms with E-state index in [-0.39, 0.29) is 32.5 Å². The van der Waals surface area contributed by atoms with Crippen LogP contribution in [0.2, 0.25) is 0 Å². The summed E-state index contributed by atoms with van der Waals surface area (Å²) < 4.78 is 10.1. The molecule has 0 unspecified atom stereocenters. The number of ether oxygens (including phenoxy) is 2. The monoisotopic (exact) mass is 352 g/mol. The number of nitrogens with one attached hydrogen (secondary N) is 2. The number of amides is 2. The van der Waals surface area contributed by atoms with Crippen LogP contribution in [0.1, 0.15) is 36.5 Å². The van der Waals surface area contributed by atoms with E-state index in [0.717, 1.165) is 0 Å². The van der Waals surface area contributed by atoms with Crippen LogP contribution < -0.4 is 15.6 Å². The number of rotatable bonds is 9. The molecule has 9 nitrogen and oxygen atoms in total. The fraction of sp³-hybridized carbons (Fsp3) is 0.375. The maximum absolute atomic E-state index is 11.5. The molecule has 0 bridgehead atoms. The average molecular weight is 352 g/mol. The van der Waals surface area contributed by atoms with Gasteiger partial charge in [0.25, 0.3) is 5.91 Å². The summed E-state index contributed by atoms with van der Waals surface area (Å²) in [5, 5.41) is 8.45. The lowest BCUT2D eigenvalue weighted by atomic mass is 10.2. The Morgan fingerprint density at radius 2 is 1.64 bits per heavy atom. The van der Waals surface area contributed by atoms with Crippen molar-refractivity contribution in [3.05, 3.63) is 29.8 Å². The van der Waals surface area contributed by atoms with E-state index < -0.39 is 23.8 Å². The minimum absolute atomic E-state index is 0.0112. The van der Waals surface area contributed by atoms with E-state index in [9.17, 15) is 19.2 Å². The standard InChI is InChI=1S/C16H20N2O7/c1-2-24-16(23)11-6-8-12(9-7-11)25-10-14(20)18-17-13(19)4-3-5-15(21)22/h6-9H,2-5,10H2,1H3,(H,17,19)(H,18,20)(H,21,22). The average Bonchev–Trinajstić information content (AvgIpc) is 2.58. The second-order valence-electron chi connectivity index (χ2n) is 4.88. The van der Waals surface area contributed by atoms with Gasteiger partial charge < -0.3 is 14.6 Å². The molecule has 3 N–H and O–H groups in total. The number of carboxylic acid groups (broad SMARTS) is 1. The summed E-state index contributed by atoms with van der Waals surface area (Å²) in [6.45, 7) is 1.65. The minimum Gasteiger partial charge on any atom is -0.484 e. The number of carbonyl (C=O) groups is 4. The summed E-state index contributed by atoms with van der Waals surface area (Å²) in [5.41, 5.74) is 4.68. The van der Waals surface area contributed by atoms with Crippen LogP contribution >= 0.6 is 0 Å². The van der Waals surface area contributed by atoms with Gasteiger partial charge in [0.2, 0.25) is 5.91 Å². The number of hydrazine groups is 1. The van der Waals surface area contributed by atoms with Gasteiger partial charge in [-0.3, -0.25) is 25.2 Å². The summed E-state index contributed by atoms with van der Waals surface area (Å²) in [5.74, 6) is -2.14. The number of benzene rings is 1. The smallest absolute Gasteiger partial charge is 0.338 e. The molecular weight excluding hydrogens is 332 g/mol. The maximum Gasteiger partial charge on any atom is 0.338 e. The van der Waals surface area contributed by atoms with Crippen LogP contribution in [-0.2, 0) is 19.1 Å². The van der Waals surface area contributed by atoms with Gasteiger partial charge in [0.05, 0.1) is 12.2 Å². The molecule has 0 spiro atoms. The zero-order valence-electron chi connectivity index (χ0n) is 13.7. The van der Waals surface area contributed by atoms with Gasteiger partial charge in [-0.15, -0.1) is 0 Å². The molecule has 0 radical (unpaired) electrons. The summed E-state index contributed by atoms with van der Waals surface area (Å²) in [7, 11) is 0. The first-order valence-corrected chi connectivity index (χ1v) is 7.61. The lowest BCUT2D eigenvalue weighted by Gasteiger charge is -2.09. The van der Waals surface area contributed by atoms with Crippen molar-refractivity contribution < 1.29 is 33.8 Å². The predicted molar refractivity (Wildman–Crippen MR) is 85.7 cm³/mol. The Balaban J connectivity index is 2.28. The van der Waals surface area contributed by atoms with E-state index in [1.165, 1.54) is 24.3 Å². The third-order valence-corrected chi connectivity index (χ3v) is 2.87. The number of esters is 1. The van der Waals surface area contributed by atoms with Gasteiger partial charge in [0.15, 0.2) is 6.61 Å². The largest absolute Gasteiger partial charge is 0.484 e. The minimum atomic E-state index is -0.987. The molecule has 9 heteroatoms. The second kappa shape index (κ2) is 10.6. The molecule has 0 saturated carbocycles. The van der Waals surface area contributed by atoms with Crippen molar-refractivity contribution in [2.75, 3.05) is 13.2 Å². The van der Waals surface area contributed by atoms with Crippen LogP contribution in [0.4, 0.5) is 0 Å². The zero-order chi connectivity index (χ0) is 18.7.